The largest absolute Gasteiger partial charge is 0.463 e. The number of halogens is 2. The fourth-order valence-corrected chi connectivity index (χ4v) is 8.79. The summed E-state index contributed by atoms with van der Waals surface area (Å²) in [6, 6.07) is 0. The van der Waals surface area contributed by atoms with E-state index in [2.05, 4.69) is 0 Å². The third-order valence-electron chi connectivity index (χ3n) is 2.51. The van der Waals surface area contributed by atoms with E-state index in [0.29, 0.717) is 9.75 Å². The van der Waals surface area contributed by atoms with E-state index >= 15 is 0 Å². The molecular weight excluding hydrogens is 611 g/mol. The van der Waals surface area contributed by atoms with Gasteiger partial charge in [-0.2, -0.15) is 0 Å². The molecule has 0 aliphatic carbocycles. The summed E-state index contributed by atoms with van der Waals surface area (Å²) in [5, 5.41) is 0. The minimum Gasteiger partial charge on any atom is -0.463 e. The molecule has 2 rings (SSSR count). The molecule has 188 valence electrons. The Morgan fingerprint density at radius 2 is 1.09 bits per heavy atom. The molecule has 0 spiro atoms. The topological polar surface area (TPSA) is 237 Å². The molecule has 0 amide bonds. The van der Waals surface area contributed by atoms with Gasteiger partial charge in [0.1, 0.15) is 0 Å². The van der Waals surface area contributed by atoms with Crippen LogP contribution >= 0.6 is 68.9 Å². The van der Waals surface area contributed by atoms with E-state index in [4.69, 9.17) is 46.7 Å². The van der Waals surface area contributed by atoms with E-state index < -0.39 is 20.5 Å². The van der Waals surface area contributed by atoms with Gasteiger partial charge in [-0.15, -0.1) is 20.5 Å². The van der Waals surface area contributed by atoms with Crippen LogP contribution in [-0.4, -0.2) is 37.7 Å². The molecule has 2 aromatic heterocycles. The van der Waals surface area contributed by atoms with E-state index in [0.717, 1.165) is 26.3 Å². The number of hydrogen-bond acceptors (Lipinski definition) is 16. The van der Waals surface area contributed by atoms with Crippen LogP contribution in [0, 0.1) is 20.5 Å². The van der Waals surface area contributed by atoms with Crippen molar-refractivity contribution in [2.45, 2.75) is 14.8 Å². The van der Waals surface area contributed by atoms with Gasteiger partial charge in [0, 0.05) is 11.5 Å². The van der Waals surface area contributed by atoms with Crippen molar-refractivity contribution in [1.82, 2.24) is 0 Å². The van der Waals surface area contributed by atoms with Crippen molar-refractivity contribution < 1.29 is 76.8 Å². The van der Waals surface area contributed by atoms with Crippen molar-refractivity contribution in [1.29, 1.82) is 0 Å². The van der Waals surface area contributed by atoms with Gasteiger partial charge in [-0.25, -0.2) is 46.9 Å². The number of rotatable bonds is 8. The highest BCUT2D eigenvalue weighted by atomic mass is 35.7. The molecule has 0 aliphatic rings. The smallest absolute Gasteiger partial charge is 0.375 e. The Morgan fingerprint density at radius 1 is 0.788 bits per heavy atom. The minimum absolute atomic E-state index is 0.268. The van der Waals surface area contributed by atoms with Gasteiger partial charge < -0.3 is 9.47 Å². The molecule has 0 aliphatic heterocycles. The number of carbonyl (C=O) groups excluding carboxylic acids is 2. The summed E-state index contributed by atoms with van der Waals surface area (Å²) in [6.07, 6.45) is 0.988. The maximum atomic E-state index is 11.6. The van der Waals surface area contributed by atoms with Gasteiger partial charge in [0.25, 0.3) is 9.75 Å². The molecular formula is C13H14Cl2O12S6. The Hall–Kier alpha value is -0.000000000000000264. The Kier molecular flexibility index (Phi) is 16.6. The molecule has 2 aromatic rings. The summed E-state index contributed by atoms with van der Waals surface area (Å²) in [7, 11) is -7.09. The highest BCUT2D eigenvalue weighted by Crippen LogP contribution is 2.35. The van der Waals surface area contributed by atoms with E-state index in [-0.39, 0.29) is 11.9 Å². The standard InChI is InChI=1S/C13H14O4S6.2ClHO4/c1-16-10(14)8-12(22-6-20-8)18-4-3-5-19-13-9(11(15)17-2)21-7-23-13;2*2-1(3,4)5/h6-7H,3-5H2,1-2H3;2*(H,2,3,4,5)/q+2;;/p-2. The van der Waals surface area contributed by atoms with Crippen LogP contribution in [-0.2, 0) is 9.47 Å². The summed E-state index contributed by atoms with van der Waals surface area (Å²) >= 11 is 9.35. The SMILES string of the molecule is COC(=O)c1sc[s+]c1SCCCSc1[s+]csc1C(=O)OC.[O-][Cl+3]([O-])([O-])[O-].[O-][Cl+3]([O-])([O-])[O-]. The average Bonchev–Trinajstić information content (AvgIpc) is 3.33. The Bertz CT molecular complexity index is 769. The highest BCUT2D eigenvalue weighted by molar-refractivity contribution is 8.02. The summed E-state index contributed by atoms with van der Waals surface area (Å²) in [6.45, 7) is 0. The summed E-state index contributed by atoms with van der Waals surface area (Å²) in [5.74, 6) is 1.31. The van der Waals surface area contributed by atoms with Crippen LogP contribution in [0.2, 0.25) is 0 Å². The predicted molar refractivity (Wildman–Crippen MR) is 102 cm³/mol. The van der Waals surface area contributed by atoms with Gasteiger partial charge >= 0.3 is 11.9 Å². The Balaban J connectivity index is 0.000000859. The maximum absolute atomic E-state index is 11.6. The zero-order chi connectivity index (χ0) is 25.7. The molecule has 33 heavy (non-hydrogen) atoms. The van der Waals surface area contributed by atoms with Gasteiger partial charge in [0.15, 0.2) is 0 Å². The molecule has 12 nitrogen and oxygen atoms in total. The molecule has 0 unspecified atom stereocenters. The van der Waals surface area contributed by atoms with Crippen LogP contribution in [0.3, 0.4) is 0 Å². The summed E-state index contributed by atoms with van der Waals surface area (Å²) in [4.78, 5) is 24.6. The maximum Gasteiger partial charge on any atom is 0.375 e. The van der Waals surface area contributed by atoms with Gasteiger partial charge in [-0.1, -0.05) is 23.5 Å². The molecule has 0 N–H and O–H groups in total. The third-order valence-corrected chi connectivity index (χ3v) is 9.82. The lowest BCUT2D eigenvalue weighted by atomic mass is 10.6. The van der Waals surface area contributed by atoms with Crippen LogP contribution in [0.1, 0.15) is 25.8 Å². The number of carbonyl (C=O) groups is 2. The lowest BCUT2D eigenvalue weighted by molar-refractivity contribution is -2.00. The monoisotopic (exact) mass is 624 g/mol. The third kappa shape index (κ3) is 18.0. The highest BCUT2D eigenvalue weighted by Gasteiger charge is 2.25. The van der Waals surface area contributed by atoms with Crippen LogP contribution in [0.15, 0.2) is 17.8 Å². The molecule has 0 radical (unpaired) electrons. The Labute approximate surface area is 216 Å². The molecule has 0 atom stereocenters. The van der Waals surface area contributed by atoms with Crippen LogP contribution in [0.25, 0.3) is 0 Å². The van der Waals surface area contributed by atoms with Crippen molar-refractivity contribution in [3.63, 3.8) is 0 Å². The molecule has 2 heterocycles. The molecule has 0 saturated heterocycles. The van der Waals surface area contributed by atoms with E-state index in [1.807, 2.05) is 9.39 Å². The Morgan fingerprint density at radius 3 is 1.36 bits per heavy atom. The van der Waals surface area contributed by atoms with E-state index in [9.17, 15) is 9.59 Å². The molecule has 0 saturated carbocycles. The van der Waals surface area contributed by atoms with Crippen molar-refractivity contribution in [3.05, 3.63) is 19.1 Å². The zero-order valence-electron chi connectivity index (χ0n) is 16.4. The zero-order valence-corrected chi connectivity index (χ0v) is 22.8. The first-order chi connectivity index (χ1) is 15.2. The quantitative estimate of drug-likeness (QED) is 0.117. The first-order valence-corrected chi connectivity index (χ1v) is 15.6. The normalized spacial score (nSPS) is 11.0. The molecule has 0 fully saturated rings. The lowest BCUT2D eigenvalue weighted by Gasteiger charge is -2.17. The fourth-order valence-electron chi connectivity index (χ4n) is 1.47. The van der Waals surface area contributed by atoms with E-state index in [1.54, 1.807) is 46.2 Å². The molecule has 20 heteroatoms. The second kappa shape index (κ2) is 16.6. The van der Waals surface area contributed by atoms with Gasteiger partial charge in [0.2, 0.25) is 17.8 Å². The van der Waals surface area contributed by atoms with Crippen LogP contribution in [0.4, 0.5) is 0 Å². The minimum atomic E-state index is -4.94. The molecule has 0 aromatic carbocycles. The van der Waals surface area contributed by atoms with Crippen LogP contribution in [0.5, 0.6) is 0 Å². The predicted octanol–water partition coefficient (Wildman–Crippen LogP) is -4.17. The van der Waals surface area contributed by atoms with Crippen molar-refractivity contribution in [2.75, 3.05) is 25.7 Å². The number of esters is 2. The first kappa shape index (κ1) is 33.0. The van der Waals surface area contributed by atoms with E-state index in [1.165, 1.54) is 36.9 Å². The van der Waals surface area contributed by atoms with Crippen molar-refractivity contribution in [2.24, 2.45) is 0 Å². The van der Waals surface area contributed by atoms with Gasteiger partial charge in [-0.05, 0) is 6.42 Å². The number of methoxy groups -OCH3 is 2. The van der Waals surface area contributed by atoms with Gasteiger partial charge in [-0.3, -0.25) is 0 Å². The van der Waals surface area contributed by atoms with Crippen LogP contribution < -0.4 is 37.3 Å². The fraction of sp³-hybridized carbons (Fsp3) is 0.385. The van der Waals surface area contributed by atoms with Gasteiger partial charge in [0.05, 0.1) is 59.6 Å². The number of thioether (sulfide) groups is 2. The lowest BCUT2D eigenvalue weighted by Crippen LogP contribution is -2.68. The van der Waals surface area contributed by atoms with Crippen molar-refractivity contribution >= 4 is 80.8 Å². The number of ether oxygens (including phenoxy) is 2. The molecule has 0 bridgehead atoms. The average molecular weight is 626 g/mol. The summed E-state index contributed by atoms with van der Waals surface area (Å²) < 4.78 is 83.4. The van der Waals surface area contributed by atoms with Crippen molar-refractivity contribution in [3.8, 4) is 0 Å². The second-order valence-corrected chi connectivity index (χ2v) is 13.0. The number of hydrogen-bond donors (Lipinski definition) is 0. The first-order valence-electron chi connectivity index (χ1n) is 7.61. The summed E-state index contributed by atoms with van der Waals surface area (Å²) in [5.41, 5.74) is 0. The second-order valence-electron chi connectivity index (χ2n) is 4.69.